The van der Waals surface area contributed by atoms with Crippen LogP contribution in [0.1, 0.15) is 17.5 Å². The van der Waals surface area contributed by atoms with Gasteiger partial charge in [-0.3, -0.25) is 4.99 Å². The zero-order valence-corrected chi connectivity index (χ0v) is 14.2. The van der Waals surface area contributed by atoms with Gasteiger partial charge in [-0.2, -0.15) is 8.78 Å². The van der Waals surface area contributed by atoms with Gasteiger partial charge in [0.25, 0.3) is 0 Å². The summed E-state index contributed by atoms with van der Waals surface area (Å²) < 4.78 is 29.5. The maximum absolute atomic E-state index is 12.5. The van der Waals surface area contributed by atoms with Gasteiger partial charge < -0.3 is 20.3 Å². The molecule has 0 saturated carbocycles. The Hall–Kier alpha value is -1.89. The molecule has 1 aromatic rings. The predicted molar refractivity (Wildman–Crippen MR) is 89.2 cm³/mol. The minimum Gasteiger partial charge on any atom is -0.434 e. The van der Waals surface area contributed by atoms with Crippen LogP contribution in [0.15, 0.2) is 23.2 Å². The second-order valence-electron chi connectivity index (χ2n) is 5.50. The molecule has 0 saturated heterocycles. The lowest BCUT2D eigenvalue weighted by atomic mass is 10.1. The number of nitrogens with zero attached hydrogens (tertiary/aromatic N) is 2. The minimum absolute atomic E-state index is 0.182. The monoisotopic (exact) mass is 328 g/mol. The number of hydrogen-bond donors (Lipinski definition) is 2. The minimum atomic E-state index is -2.83. The number of benzene rings is 1. The van der Waals surface area contributed by atoms with Gasteiger partial charge in [0.2, 0.25) is 0 Å². The van der Waals surface area contributed by atoms with E-state index >= 15 is 0 Å². The summed E-state index contributed by atoms with van der Waals surface area (Å²) in [7, 11) is 5.72. The first kappa shape index (κ1) is 19.2. The Balaban J connectivity index is 2.56. The average Bonchev–Trinajstić information content (AvgIpc) is 2.48. The number of halogens is 2. The molecule has 0 radical (unpaired) electrons. The molecule has 0 aliphatic rings. The molecule has 1 rings (SSSR count). The molecule has 0 unspecified atom stereocenters. The molecule has 0 fully saturated rings. The normalized spacial score (nSPS) is 11.9. The summed E-state index contributed by atoms with van der Waals surface area (Å²) in [6, 6.07) is 5.13. The standard InChI is InChI=1S/C16H26F2N4O/c1-12-6-7-14(23-15(17)18)13(10-12)11-21-16(19-2)20-8-5-9-22(3)4/h6-7,10,15H,5,8-9,11H2,1-4H3,(H2,19,20,21). The third kappa shape index (κ3) is 7.78. The van der Waals surface area contributed by atoms with Crippen molar-refractivity contribution in [3.63, 3.8) is 0 Å². The van der Waals surface area contributed by atoms with Gasteiger partial charge in [0.15, 0.2) is 5.96 Å². The van der Waals surface area contributed by atoms with E-state index < -0.39 is 6.61 Å². The van der Waals surface area contributed by atoms with Crippen LogP contribution in [0.5, 0.6) is 5.75 Å². The van der Waals surface area contributed by atoms with Crippen LogP contribution in [0.2, 0.25) is 0 Å². The molecular weight excluding hydrogens is 302 g/mol. The fourth-order valence-electron chi connectivity index (χ4n) is 2.06. The van der Waals surface area contributed by atoms with Crippen LogP contribution in [0.25, 0.3) is 0 Å². The number of alkyl halides is 2. The van der Waals surface area contributed by atoms with Crippen molar-refractivity contribution in [3.8, 4) is 5.75 Å². The summed E-state index contributed by atoms with van der Waals surface area (Å²) in [5, 5.41) is 6.31. The van der Waals surface area contributed by atoms with Crippen molar-refractivity contribution in [2.45, 2.75) is 26.5 Å². The Labute approximate surface area is 136 Å². The van der Waals surface area contributed by atoms with Gasteiger partial charge in [0, 0.05) is 25.7 Å². The fourth-order valence-corrected chi connectivity index (χ4v) is 2.06. The Morgan fingerprint density at radius 2 is 2.04 bits per heavy atom. The van der Waals surface area contributed by atoms with Crippen LogP contribution in [-0.2, 0) is 6.54 Å². The van der Waals surface area contributed by atoms with E-state index in [0.717, 1.165) is 25.1 Å². The molecule has 0 bridgehead atoms. The van der Waals surface area contributed by atoms with Gasteiger partial charge in [-0.1, -0.05) is 17.7 Å². The number of ether oxygens (including phenoxy) is 1. The maximum Gasteiger partial charge on any atom is 0.387 e. The quantitative estimate of drug-likeness (QED) is 0.436. The van der Waals surface area contributed by atoms with Gasteiger partial charge >= 0.3 is 6.61 Å². The van der Waals surface area contributed by atoms with E-state index in [2.05, 4.69) is 25.3 Å². The van der Waals surface area contributed by atoms with E-state index in [9.17, 15) is 8.78 Å². The van der Waals surface area contributed by atoms with Gasteiger partial charge in [-0.05, 0) is 40.1 Å². The highest BCUT2D eigenvalue weighted by Crippen LogP contribution is 2.21. The molecule has 0 aliphatic carbocycles. The molecule has 0 heterocycles. The summed E-state index contributed by atoms with van der Waals surface area (Å²) in [6.07, 6.45) is 0.984. The van der Waals surface area contributed by atoms with Gasteiger partial charge in [-0.25, -0.2) is 0 Å². The molecule has 2 N–H and O–H groups in total. The van der Waals surface area contributed by atoms with Gasteiger partial charge in [0.05, 0.1) is 0 Å². The average molecular weight is 328 g/mol. The molecule has 0 atom stereocenters. The number of aryl methyl sites for hydroxylation is 1. The molecule has 0 spiro atoms. The molecular formula is C16H26F2N4O. The van der Waals surface area contributed by atoms with Crippen LogP contribution in [0.4, 0.5) is 8.78 Å². The predicted octanol–water partition coefficient (Wildman–Crippen LogP) is 2.21. The van der Waals surface area contributed by atoms with E-state index in [0.29, 0.717) is 18.1 Å². The van der Waals surface area contributed by atoms with E-state index in [-0.39, 0.29) is 5.75 Å². The highest BCUT2D eigenvalue weighted by molar-refractivity contribution is 5.79. The number of nitrogens with one attached hydrogen (secondary N) is 2. The van der Waals surface area contributed by atoms with E-state index in [1.165, 1.54) is 0 Å². The van der Waals surface area contributed by atoms with Crippen molar-refractivity contribution in [2.24, 2.45) is 4.99 Å². The van der Waals surface area contributed by atoms with Gasteiger partial charge in [0.1, 0.15) is 5.75 Å². The summed E-state index contributed by atoms with van der Waals surface area (Å²) in [4.78, 5) is 6.23. The third-order valence-corrected chi connectivity index (χ3v) is 3.18. The molecule has 23 heavy (non-hydrogen) atoms. The second-order valence-corrected chi connectivity index (χ2v) is 5.50. The van der Waals surface area contributed by atoms with Crippen LogP contribution >= 0.6 is 0 Å². The fraction of sp³-hybridized carbons (Fsp3) is 0.562. The number of aliphatic imine (C=N–C) groups is 1. The molecule has 0 aliphatic heterocycles. The first-order valence-corrected chi connectivity index (χ1v) is 7.56. The van der Waals surface area contributed by atoms with E-state index in [1.807, 2.05) is 27.1 Å². The van der Waals surface area contributed by atoms with Crippen molar-refractivity contribution in [1.29, 1.82) is 0 Å². The maximum atomic E-state index is 12.5. The van der Waals surface area contributed by atoms with Crippen molar-refractivity contribution in [1.82, 2.24) is 15.5 Å². The lowest BCUT2D eigenvalue weighted by Crippen LogP contribution is -2.38. The lowest BCUT2D eigenvalue weighted by Gasteiger charge is -2.16. The molecule has 0 amide bonds. The molecule has 5 nitrogen and oxygen atoms in total. The highest BCUT2D eigenvalue weighted by Gasteiger charge is 2.10. The molecule has 7 heteroatoms. The van der Waals surface area contributed by atoms with Crippen LogP contribution in [0, 0.1) is 6.92 Å². The van der Waals surface area contributed by atoms with Crippen molar-refractivity contribution < 1.29 is 13.5 Å². The lowest BCUT2D eigenvalue weighted by molar-refractivity contribution is -0.0504. The van der Waals surface area contributed by atoms with Crippen molar-refractivity contribution in [3.05, 3.63) is 29.3 Å². The van der Waals surface area contributed by atoms with Gasteiger partial charge in [-0.15, -0.1) is 0 Å². The zero-order valence-electron chi connectivity index (χ0n) is 14.2. The van der Waals surface area contributed by atoms with E-state index in [4.69, 9.17) is 0 Å². The Morgan fingerprint density at radius 3 is 2.65 bits per heavy atom. The number of rotatable bonds is 8. The largest absolute Gasteiger partial charge is 0.434 e. The molecule has 0 aromatic heterocycles. The molecule has 1 aromatic carbocycles. The summed E-state index contributed by atoms with van der Waals surface area (Å²) in [6.45, 7) is 1.20. The van der Waals surface area contributed by atoms with Crippen LogP contribution in [-0.4, -0.2) is 51.7 Å². The number of guanidine groups is 1. The third-order valence-electron chi connectivity index (χ3n) is 3.18. The summed E-state index contributed by atoms with van der Waals surface area (Å²) in [5.41, 5.74) is 1.65. The topological polar surface area (TPSA) is 48.9 Å². The first-order chi connectivity index (χ1) is 10.9. The number of hydrogen-bond acceptors (Lipinski definition) is 3. The first-order valence-electron chi connectivity index (χ1n) is 7.56. The van der Waals surface area contributed by atoms with Crippen molar-refractivity contribution >= 4 is 5.96 Å². The SMILES string of the molecule is CN=C(NCCCN(C)C)NCc1cc(C)ccc1OC(F)F. The zero-order chi connectivity index (χ0) is 17.2. The Morgan fingerprint density at radius 1 is 1.30 bits per heavy atom. The smallest absolute Gasteiger partial charge is 0.387 e. The summed E-state index contributed by atoms with van der Waals surface area (Å²) in [5.74, 6) is 0.814. The highest BCUT2D eigenvalue weighted by atomic mass is 19.3. The Bertz CT molecular complexity index is 507. The van der Waals surface area contributed by atoms with Crippen molar-refractivity contribution in [2.75, 3.05) is 34.2 Å². The molecule has 130 valence electrons. The van der Waals surface area contributed by atoms with Crippen LogP contribution < -0.4 is 15.4 Å². The summed E-state index contributed by atoms with van der Waals surface area (Å²) >= 11 is 0. The second kappa shape index (κ2) is 9.99. The Kier molecular flexibility index (Phi) is 8.32. The van der Waals surface area contributed by atoms with E-state index in [1.54, 1.807) is 19.2 Å². The van der Waals surface area contributed by atoms with Crippen LogP contribution in [0.3, 0.4) is 0 Å².